The van der Waals surface area contributed by atoms with Crippen molar-refractivity contribution < 1.29 is 13.6 Å². The summed E-state index contributed by atoms with van der Waals surface area (Å²) in [5, 5.41) is 2.55. The summed E-state index contributed by atoms with van der Waals surface area (Å²) in [4.78, 5) is 21.2. The van der Waals surface area contributed by atoms with Gasteiger partial charge in [0, 0.05) is 17.8 Å². The summed E-state index contributed by atoms with van der Waals surface area (Å²) in [6.45, 7) is 4.34. The van der Waals surface area contributed by atoms with Crippen molar-refractivity contribution in [3.63, 3.8) is 0 Å². The molecule has 0 spiro atoms. The minimum atomic E-state index is -0.603. The van der Waals surface area contributed by atoms with Gasteiger partial charge in [-0.3, -0.25) is 9.78 Å². The third kappa shape index (κ3) is 4.25. The lowest BCUT2D eigenvalue weighted by atomic mass is 10.00. The molecule has 0 saturated heterocycles. The van der Waals surface area contributed by atoms with Gasteiger partial charge >= 0.3 is 0 Å². The van der Waals surface area contributed by atoms with Gasteiger partial charge in [-0.1, -0.05) is 51.0 Å². The Morgan fingerprint density at radius 2 is 1.88 bits per heavy atom. The first-order valence-electron chi connectivity index (χ1n) is 11.7. The van der Waals surface area contributed by atoms with E-state index in [-0.39, 0.29) is 11.4 Å². The summed E-state index contributed by atoms with van der Waals surface area (Å²) in [6.07, 6.45) is 8.90. The first-order chi connectivity index (χ1) is 16.5. The molecule has 1 aromatic carbocycles. The highest BCUT2D eigenvalue weighted by Crippen LogP contribution is 2.39. The lowest BCUT2D eigenvalue weighted by Gasteiger charge is -2.15. The topological polar surface area (TPSA) is 73.0 Å². The van der Waals surface area contributed by atoms with E-state index in [2.05, 4.69) is 53.0 Å². The maximum atomic E-state index is 13.9. The van der Waals surface area contributed by atoms with Crippen molar-refractivity contribution in [3.05, 3.63) is 78.3 Å². The highest BCUT2D eigenvalue weighted by Gasteiger charge is 2.26. The fourth-order valence-electron chi connectivity index (χ4n) is 4.55. The van der Waals surface area contributed by atoms with Gasteiger partial charge in [-0.2, -0.15) is 0 Å². The van der Waals surface area contributed by atoms with Crippen molar-refractivity contribution in [2.75, 3.05) is 5.32 Å². The van der Waals surface area contributed by atoms with Crippen molar-refractivity contribution in [2.45, 2.75) is 51.5 Å². The van der Waals surface area contributed by atoms with E-state index in [0.717, 1.165) is 36.0 Å². The highest BCUT2D eigenvalue weighted by atomic mass is 19.1. The molecule has 1 fully saturated rings. The minimum absolute atomic E-state index is 0.0554. The molecule has 3 heterocycles. The van der Waals surface area contributed by atoms with Crippen molar-refractivity contribution in [2.24, 2.45) is 0 Å². The Balaban J connectivity index is 1.51. The maximum Gasteiger partial charge on any atom is 0.291 e. The van der Waals surface area contributed by atoms with Crippen molar-refractivity contribution in [1.29, 1.82) is 0 Å². The third-order valence-corrected chi connectivity index (χ3v) is 6.45. The number of benzene rings is 1. The van der Waals surface area contributed by atoms with Gasteiger partial charge in [0.05, 0.1) is 23.9 Å². The Hall–Kier alpha value is -3.74. The van der Waals surface area contributed by atoms with E-state index in [4.69, 9.17) is 9.40 Å². The van der Waals surface area contributed by atoms with E-state index in [1.807, 2.05) is 6.33 Å². The average Bonchev–Trinajstić information content (AvgIpc) is 3.60. The number of pyridine rings is 1. The van der Waals surface area contributed by atoms with Crippen molar-refractivity contribution in [1.82, 2.24) is 14.5 Å². The number of hydrogen-bond acceptors (Lipinski definition) is 4. The largest absolute Gasteiger partial charge is 0.449 e. The Morgan fingerprint density at radius 3 is 2.59 bits per heavy atom. The van der Waals surface area contributed by atoms with E-state index in [9.17, 15) is 9.18 Å². The number of halogens is 1. The molecule has 5 rings (SSSR count). The molecular formula is C27H27FN4O2. The zero-order valence-electron chi connectivity index (χ0n) is 19.3. The predicted octanol–water partition coefficient (Wildman–Crippen LogP) is 6.84. The molecule has 7 heteroatoms. The normalized spacial score (nSPS) is 14.1. The Labute approximate surface area is 197 Å². The number of aromatic nitrogens is 3. The second kappa shape index (κ2) is 9.25. The molecule has 1 saturated carbocycles. The quantitative estimate of drug-likeness (QED) is 0.343. The summed E-state index contributed by atoms with van der Waals surface area (Å²) in [6, 6.07) is 13.6. The van der Waals surface area contributed by atoms with Crippen molar-refractivity contribution >= 4 is 11.6 Å². The molecule has 4 aromatic rings. The smallest absolute Gasteiger partial charge is 0.291 e. The predicted molar refractivity (Wildman–Crippen MR) is 129 cm³/mol. The van der Waals surface area contributed by atoms with Crippen LogP contribution >= 0.6 is 0 Å². The number of carbonyl (C=O) groups is 1. The molecule has 174 valence electrons. The molecule has 34 heavy (non-hydrogen) atoms. The molecule has 0 radical (unpaired) electrons. The Morgan fingerprint density at radius 1 is 1.12 bits per heavy atom. The zero-order valence-corrected chi connectivity index (χ0v) is 19.3. The van der Waals surface area contributed by atoms with Gasteiger partial charge in [0.1, 0.15) is 5.69 Å². The number of nitrogens with one attached hydrogen (secondary N) is 1. The molecule has 0 atom stereocenters. The summed E-state index contributed by atoms with van der Waals surface area (Å²) < 4.78 is 22.1. The van der Waals surface area contributed by atoms with E-state index in [0.29, 0.717) is 17.7 Å². The van der Waals surface area contributed by atoms with E-state index < -0.39 is 11.7 Å². The minimum Gasteiger partial charge on any atom is -0.449 e. The van der Waals surface area contributed by atoms with Crippen LogP contribution in [-0.2, 0) is 0 Å². The van der Waals surface area contributed by atoms with Crippen LogP contribution in [0.5, 0.6) is 0 Å². The molecule has 3 aromatic heterocycles. The van der Waals surface area contributed by atoms with Crippen LogP contribution in [0.15, 0.2) is 65.6 Å². The summed E-state index contributed by atoms with van der Waals surface area (Å²) in [5.41, 5.74) is 4.00. The molecule has 1 aliphatic rings. The summed E-state index contributed by atoms with van der Waals surface area (Å²) >= 11 is 0. The molecule has 1 N–H and O–H groups in total. The summed E-state index contributed by atoms with van der Waals surface area (Å²) in [5.74, 6) is -0.0136. The number of furan rings is 1. The van der Waals surface area contributed by atoms with Gasteiger partial charge in [0.2, 0.25) is 0 Å². The van der Waals surface area contributed by atoms with E-state index in [1.165, 1.54) is 30.7 Å². The zero-order chi connectivity index (χ0) is 23.7. The monoisotopic (exact) mass is 458 g/mol. The van der Waals surface area contributed by atoms with Gasteiger partial charge in [0.25, 0.3) is 5.91 Å². The van der Waals surface area contributed by atoms with Gasteiger partial charge in [-0.15, -0.1) is 0 Å². The lowest BCUT2D eigenvalue weighted by Crippen LogP contribution is -2.12. The Bertz CT molecular complexity index is 1300. The van der Waals surface area contributed by atoms with Crippen LogP contribution in [0.2, 0.25) is 0 Å². The van der Waals surface area contributed by atoms with Crippen molar-refractivity contribution in [3.8, 4) is 22.7 Å². The standard InChI is InChI=1S/C27H27FN4O2/c1-17(2)18-7-9-19(10-8-18)25-26(32(16-30-25)20-5-3-4-6-20)23-11-12-24(34-23)27(33)31-22-13-14-29-15-21(22)28/h7-17,20H,3-6H2,1-2H3,(H,29,31,33). The number of hydrogen-bond donors (Lipinski definition) is 1. The molecule has 6 nitrogen and oxygen atoms in total. The number of anilines is 1. The molecule has 1 amide bonds. The number of carbonyl (C=O) groups excluding carboxylic acids is 1. The molecule has 0 bridgehead atoms. The van der Waals surface area contributed by atoms with Gasteiger partial charge in [0.15, 0.2) is 17.3 Å². The molecule has 0 aliphatic heterocycles. The van der Waals surface area contributed by atoms with Crippen LogP contribution in [-0.4, -0.2) is 20.4 Å². The van der Waals surface area contributed by atoms with E-state index in [1.54, 1.807) is 12.1 Å². The van der Waals surface area contributed by atoms with Crippen LogP contribution in [0.25, 0.3) is 22.7 Å². The molecule has 1 aliphatic carbocycles. The van der Waals surface area contributed by atoms with Crippen LogP contribution in [0.4, 0.5) is 10.1 Å². The lowest BCUT2D eigenvalue weighted by molar-refractivity contribution is 0.0997. The fourth-order valence-corrected chi connectivity index (χ4v) is 4.55. The maximum absolute atomic E-state index is 13.9. The van der Waals surface area contributed by atoms with Gasteiger partial charge in [-0.05, 0) is 42.5 Å². The number of nitrogens with zero attached hydrogens (tertiary/aromatic N) is 3. The van der Waals surface area contributed by atoms with Gasteiger partial charge in [-0.25, -0.2) is 9.37 Å². The SMILES string of the molecule is CC(C)c1ccc(-c2ncn(C3CCCC3)c2-c2ccc(C(=O)Nc3ccncc3F)o2)cc1. The van der Waals surface area contributed by atoms with Crippen LogP contribution in [0.3, 0.4) is 0 Å². The molecule has 0 unspecified atom stereocenters. The van der Waals surface area contributed by atoms with Crippen LogP contribution < -0.4 is 5.32 Å². The second-order valence-electron chi connectivity index (χ2n) is 9.04. The third-order valence-electron chi connectivity index (χ3n) is 6.45. The van der Waals surface area contributed by atoms with Gasteiger partial charge < -0.3 is 14.3 Å². The average molecular weight is 459 g/mol. The highest BCUT2D eigenvalue weighted by molar-refractivity contribution is 6.02. The second-order valence-corrected chi connectivity index (χ2v) is 9.04. The Kier molecular flexibility index (Phi) is 6.01. The van der Waals surface area contributed by atoms with E-state index >= 15 is 0 Å². The summed E-state index contributed by atoms with van der Waals surface area (Å²) in [7, 11) is 0. The number of imidazole rings is 1. The first kappa shape index (κ1) is 22.1. The first-order valence-corrected chi connectivity index (χ1v) is 11.7. The molecular weight excluding hydrogens is 431 g/mol. The fraction of sp³-hybridized carbons (Fsp3) is 0.296. The van der Waals surface area contributed by atoms with Crippen LogP contribution in [0.1, 0.15) is 67.6 Å². The number of rotatable bonds is 6. The van der Waals surface area contributed by atoms with Crippen LogP contribution in [0, 0.1) is 5.82 Å². The number of amides is 1.